The lowest BCUT2D eigenvalue weighted by Gasteiger charge is -2.21. The van der Waals surface area contributed by atoms with E-state index in [2.05, 4.69) is 15.0 Å². The van der Waals surface area contributed by atoms with Crippen molar-refractivity contribution >= 4 is 5.96 Å². The number of guanidine groups is 1. The molecule has 3 N–H and O–H groups in total. The average molecular weight is 303 g/mol. The maximum atomic E-state index is 12.3. The Morgan fingerprint density at radius 3 is 2.43 bits per heavy atom. The van der Waals surface area contributed by atoms with Crippen LogP contribution >= 0.6 is 0 Å². The first-order valence-electron chi connectivity index (χ1n) is 6.48. The normalized spacial score (nSPS) is 13.1. The quantitative estimate of drug-likeness (QED) is 0.664. The second kappa shape index (κ2) is 6.69. The number of benzene rings is 1. The summed E-state index contributed by atoms with van der Waals surface area (Å²) in [6.07, 6.45) is -4.40. The first kappa shape index (κ1) is 17.1. The van der Waals surface area contributed by atoms with E-state index in [-0.39, 0.29) is 23.8 Å². The Bertz CT molecular complexity index is 493. The van der Waals surface area contributed by atoms with Crippen molar-refractivity contribution in [1.29, 1.82) is 0 Å². The van der Waals surface area contributed by atoms with E-state index in [1.54, 1.807) is 12.1 Å². The molecule has 7 heteroatoms. The summed E-state index contributed by atoms with van der Waals surface area (Å²) in [6, 6.07) is 6.00. The topological polar surface area (TPSA) is 59.6 Å². The summed E-state index contributed by atoms with van der Waals surface area (Å²) in [4.78, 5) is 4.09. The summed E-state index contributed by atoms with van der Waals surface area (Å²) in [5.41, 5.74) is 5.91. The van der Waals surface area contributed by atoms with Gasteiger partial charge in [-0.1, -0.05) is 18.2 Å². The van der Waals surface area contributed by atoms with Crippen LogP contribution in [-0.2, 0) is 6.42 Å². The van der Waals surface area contributed by atoms with Crippen molar-refractivity contribution < 1.29 is 17.9 Å². The third kappa shape index (κ3) is 7.43. The van der Waals surface area contributed by atoms with E-state index in [1.165, 1.54) is 12.1 Å². The number of aliphatic imine (C=N–C) groups is 1. The van der Waals surface area contributed by atoms with Gasteiger partial charge in [-0.3, -0.25) is 4.99 Å². The SMILES string of the molecule is CC(C)(C)NC(N)=NCCc1ccccc1OC(F)(F)F. The van der Waals surface area contributed by atoms with Crippen molar-refractivity contribution in [3.8, 4) is 5.75 Å². The Hall–Kier alpha value is -1.92. The monoisotopic (exact) mass is 303 g/mol. The smallest absolute Gasteiger partial charge is 0.406 e. The number of ether oxygens (including phenoxy) is 1. The molecule has 0 aliphatic heterocycles. The fraction of sp³-hybridized carbons (Fsp3) is 0.500. The molecule has 4 nitrogen and oxygen atoms in total. The van der Waals surface area contributed by atoms with Gasteiger partial charge < -0.3 is 15.8 Å². The maximum absolute atomic E-state index is 12.3. The lowest BCUT2D eigenvalue weighted by atomic mass is 10.1. The van der Waals surface area contributed by atoms with Crippen molar-refractivity contribution in [3.63, 3.8) is 0 Å². The molecule has 0 amide bonds. The summed E-state index contributed by atoms with van der Waals surface area (Å²) in [7, 11) is 0. The zero-order chi connectivity index (χ0) is 16.1. The van der Waals surface area contributed by atoms with Crippen LogP contribution in [0.2, 0.25) is 0 Å². The van der Waals surface area contributed by atoms with Gasteiger partial charge >= 0.3 is 6.36 Å². The largest absolute Gasteiger partial charge is 0.573 e. The minimum atomic E-state index is -4.70. The van der Waals surface area contributed by atoms with Crippen LogP contribution in [0.25, 0.3) is 0 Å². The molecule has 0 saturated carbocycles. The third-order valence-corrected chi connectivity index (χ3v) is 2.36. The number of nitrogens with two attached hydrogens (primary N) is 1. The van der Waals surface area contributed by atoms with Crippen molar-refractivity contribution in [3.05, 3.63) is 29.8 Å². The average Bonchev–Trinajstić information content (AvgIpc) is 2.27. The standard InChI is InChI=1S/C14H20F3N3O/c1-13(2,3)20-12(18)19-9-8-10-6-4-5-7-11(10)21-14(15,16)17/h4-7H,8-9H2,1-3H3,(H3,18,19,20). The van der Waals surface area contributed by atoms with Gasteiger partial charge in [0, 0.05) is 12.1 Å². The molecule has 21 heavy (non-hydrogen) atoms. The summed E-state index contributed by atoms with van der Waals surface area (Å²) in [6.45, 7) is 6.07. The van der Waals surface area contributed by atoms with Crippen LogP contribution in [0.15, 0.2) is 29.3 Å². The van der Waals surface area contributed by atoms with E-state index in [1.807, 2.05) is 20.8 Å². The predicted octanol–water partition coefficient (Wildman–Crippen LogP) is 2.83. The van der Waals surface area contributed by atoms with E-state index in [0.29, 0.717) is 12.0 Å². The summed E-state index contributed by atoms with van der Waals surface area (Å²) >= 11 is 0. The molecule has 1 rings (SSSR count). The van der Waals surface area contributed by atoms with Crippen LogP contribution < -0.4 is 15.8 Å². The number of halogens is 3. The van der Waals surface area contributed by atoms with Gasteiger partial charge in [0.25, 0.3) is 0 Å². The van der Waals surface area contributed by atoms with Gasteiger partial charge in [-0.25, -0.2) is 0 Å². The third-order valence-electron chi connectivity index (χ3n) is 2.36. The molecule has 1 aromatic carbocycles. The van der Waals surface area contributed by atoms with E-state index in [9.17, 15) is 13.2 Å². The summed E-state index contributed by atoms with van der Waals surface area (Å²) < 4.78 is 40.8. The molecule has 0 bridgehead atoms. The molecule has 0 aliphatic rings. The zero-order valence-corrected chi connectivity index (χ0v) is 12.3. The number of para-hydroxylation sites is 1. The molecule has 0 saturated heterocycles. The van der Waals surface area contributed by atoms with Crippen LogP contribution in [0.3, 0.4) is 0 Å². The van der Waals surface area contributed by atoms with E-state index in [0.717, 1.165) is 0 Å². The van der Waals surface area contributed by atoms with Crippen LogP contribution in [0, 0.1) is 0 Å². The summed E-state index contributed by atoms with van der Waals surface area (Å²) in [5, 5.41) is 2.97. The number of hydrogen-bond acceptors (Lipinski definition) is 2. The van der Waals surface area contributed by atoms with Gasteiger partial charge in [-0.05, 0) is 38.8 Å². The number of nitrogens with zero attached hydrogens (tertiary/aromatic N) is 1. The van der Waals surface area contributed by atoms with Gasteiger partial charge in [0.1, 0.15) is 5.75 Å². The van der Waals surface area contributed by atoms with Crippen LogP contribution in [0.5, 0.6) is 5.75 Å². The highest BCUT2D eigenvalue weighted by molar-refractivity contribution is 5.78. The molecular weight excluding hydrogens is 283 g/mol. The van der Waals surface area contributed by atoms with Crippen molar-refractivity contribution in [1.82, 2.24) is 5.32 Å². The van der Waals surface area contributed by atoms with E-state index < -0.39 is 6.36 Å². The highest BCUT2D eigenvalue weighted by Gasteiger charge is 2.31. The Kier molecular flexibility index (Phi) is 5.46. The van der Waals surface area contributed by atoms with Gasteiger partial charge in [-0.2, -0.15) is 0 Å². The Morgan fingerprint density at radius 1 is 1.24 bits per heavy atom. The Labute approximate surface area is 122 Å². The Morgan fingerprint density at radius 2 is 1.86 bits per heavy atom. The van der Waals surface area contributed by atoms with Crippen LogP contribution in [0.4, 0.5) is 13.2 Å². The highest BCUT2D eigenvalue weighted by Crippen LogP contribution is 2.26. The lowest BCUT2D eigenvalue weighted by Crippen LogP contribution is -2.45. The first-order chi connectivity index (χ1) is 9.57. The van der Waals surface area contributed by atoms with Crippen LogP contribution in [0.1, 0.15) is 26.3 Å². The lowest BCUT2D eigenvalue weighted by molar-refractivity contribution is -0.274. The van der Waals surface area contributed by atoms with E-state index >= 15 is 0 Å². The zero-order valence-electron chi connectivity index (χ0n) is 12.3. The second-order valence-electron chi connectivity index (χ2n) is 5.55. The number of hydrogen-bond donors (Lipinski definition) is 2. The minimum absolute atomic E-state index is 0.206. The molecule has 1 aromatic rings. The molecular formula is C14H20F3N3O. The van der Waals surface area contributed by atoms with Crippen molar-refractivity contribution in [2.75, 3.05) is 6.54 Å². The molecule has 0 aliphatic carbocycles. The molecule has 0 aromatic heterocycles. The molecule has 0 heterocycles. The maximum Gasteiger partial charge on any atom is 0.573 e. The molecule has 0 atom stereocenters. The Balaban J connectivity index is 2.66. The minimum Gasteiger partial charge on any atom is -0.406 e. The number of alkyl halides is 3. The van der Waals surface area contributed by atoms with Gasteiger partial charge in [0.2, 0.25) is 0 Å². The number of rotatable bonds is 4. The number of nitrogens with one attached hydrogen (secondary N) is 1. The molecule has 0 spiro atoms. The van der Waals surface area contributed by atoms with Gasteiger partial charge in [0.15, 0.2) is 5.96 Å². The first-order valence-corrected chi connectivity index (χ1v) is 6.48. The second-order valence-corrected chi connectivity index (χ2v) is 5.55. The van der Waals surface area contributed by atoms with Crippen LogP contribution in [-0.4, -0.2) is 24.4 Å². The van der Waals surface area contributed by atoms with Gasteiger partial charge in [0.05, 0.1) is 0 Å². The predicted molar refractivity (Wildman–Crippen MR) is 76.2 cm³/mol. The molecule has 0 unspecified atom stereocenters. The fourth-order valence-corrected chi connectivity index (χ4v) is 1.66. The van der Waals surface area contributed by atoms with Gasteiger partial charge in [-0.15, -0.1) is 13.2 Å². The van der Waals surface area contributed by atoms with Crippen molar-refractivity contribution in [2.24, 2.45) is 10.7 Å². The van der Waals surface area contributed by atoms with Crippen molar-refractivity contribution in [2.45, 2.75) is 39.1 Å². The fourth-order valence-electron chi connectivity index (χ4n) is 1.66. The molecule has 118 valence electrons. The highest BCUT2D eigenvalue weighted by atomic mass is 19.4. The summed E-state index contributed by atoms with van der Waals surface area (Å²) in [5.74, 6) is 0.0549. The molecule has 0 radical (unpaired) electrons. The van der Waals surface area contributed by atoms with E-state index in [4.69, 9.17) is 5.73 Å². The molecule has 0 fully saturated rings.